The van der Waals surface area contributed by atoms with Crippen molar-refractivity contribution in [3.05, 3.63) is 0 Å². The molecule has 0 aliphatic rings. The summed E-state index contributed by atoms with van der Waals surface area (Å²) in [5, 5.41) is 9.71. The number of nitrogens with zero attached hydrogens (tertiary/aromatic N) is 1. The molecule has 0 atom stereocenters. The van der Waals surface area contributed by atoms with Crippen LogP contribution >= 0.6 is 15.9 Å². The molecule has 13 heavy (non-hydrogen) atoms. The van der Waals surface area contributed by atoms with Gasteiger partial charge < -0.3 is 0 Å². The van der Waals surface area contributed by atoms with E-state index in [1.165, 1.54) is 6.42 Å². The highest BCUT2D eigenvalue weighted by atomic mass is 79.9. The second-order valence-electron chi connectivity index (χ2n) is 5.28. The lowest BCUT2D eigenvalue weighted by atomic mass is 9.72. The van der Waals surface area contributed by atoms with Crippen molar-refractivity contribution in [2.45, 2.75) is 47.0 Å². The molecule has 0 aromatic heterocycles. The van der Waals surface area contributed by atoms with E-state index in [1.807, 2.05) is 0 Å². The molecule has 0 saturated carbocycles. The first kappa shape index (κ1) is 13.0. The molecule has 0 aliphatic heterocycles. The fourth-order valence-electron chi connectivity index (χ4n) is 1.92. The lowest BCUT2D eigenvalue weighted by Crippen LogP contribution is -2.23. The highest BCUT2D eigenvalue weighted by Crippen LogP contribution is 2.38. The topological polar surface area (TPSA) is 23.8 Å². The van der Waals surface area contributed by atoms with E-state index < -0.39 is 0 Å². The second kappa shape index (κ2) is 5.00. The molecule has 0 rings (SSSR count). The number of nitriles is 1. The van der Waals surface area contributed by atoms with Crippen LogP contribution in [0.1, 0.15) is 47.0 Å². The van der Waals surface area contributed by atoms with Gasteiger partial charge in [-0.05, 0) is 23.7 Å². The Morgan fingerprint density at radius 2 is 1.69 bits per heavy atom. The molecule has 0 aromatic rings. The zero-order valence-electron chi connectivity index (χ0n) is 9.15. The predicted molar refractivity (Wildman–Crippen MR) is 60.8 cm³/mol. The Labute approximate surface area is 90.6 Å². The second-order valence-corrected chi connectivity index (χ2v) is 6.07. The smallest absolute Gasteiger partial charge is 0.0627 e. The van der Waals surface area contributed by atoms with Gasteiger partial charge in [0.1, 0.15) is 0 Å². The predicted octanol–water partition coefficient (Wildman–Crippen LogP) is 4.13. The van der Waals surface area contributed by atoms with Crippen molar-refractivity contribution in [2.24, 2.45) is 10.8 Å². The molecular weight excluding hydrogens is 226 g/mol. The monoisotopic (exact) mass is 245 g/mol. The van der Waals surface area contributed by atoms with Crippen molar-refractivity contribution in [1.29, 1.82) is 5.26 Å². The van der Waals surface area contributed by atoms with Gasteiger partial charge in [0.15, 0.2) is 0 Å². The van der Waals surface area contributed by atoms with E-state index in [9.17, 15) is 0 Å². The summed E-state index contributed by atoms with van der Waals surface area (Å²) >= 11 is 3.47. The summed E-state index contributed by atoms with van der Waals surface area (Å²) in [4.78, 5) is 0. The first-order valence-electron chi connectivity index (χ1n) is 4.76. The Hall–Kier alpha value is -0.0300. The zero-order valence-corrected chi connectivity index (χ0v) is 10.7. The normalized spacial score (nSPS) is 12.6. The molecule has 0 fully saturated rings. The van der Waals surface area contributed by atoms with E-state index in [-0.39, 0.29) is 5.41 Å². The van der Waals surface area contributed by atoms with E-state index >= 15 is 0 Å². The third-order valence-electron chi connectivity index (χ3n) is 2.29. The maximum Gasteiger partial charge on any atom is 0.0627 e. The minimum Gasteiger partial charge on any atom is -0.198 e. The van der Waals surface area contributed by atoms with Crippen molar-refractivity contribution >= 4 is 15.9 Å². The molecule has 0 aliphatic carbocycles. The molecular formula is C11H20BrN. The van der Waals surface area contributed by atoms with Crippen LogP contribution in [0.15, 0.2) is 0 Å². The first-order valence-corrected chi connectivity index (χ1v) is 5.88. The van der Waals surface area contributed by atoms with Crippen LogP contribution in [0.5, 0.6) is 0 Å². The SMILES string of the molecule is CC(C)(CC#N)CC(C)(C)CCBr. The van der Waals surface area contributed by atoms with Crippen molar-refractivity contribution < 1.29 is 0 Å². The minimum atomic E-state index is 0.153. The Morgan fingerprint density at radius 3 is 2.08 bits per heavy atom. The van der Waals surface area contributed by atoms with Crippen LogP contribution in [0.2, 0.25) is 0 Å². The van der Waals surface area contributed by atoms with Crippen molar-refractivity contribution in [2.75, 3.05) is 5.33 Å². The average molecular weight is 246 g/mol. The van der Waals surface area contributed by atoms with E-state index in [0.717, 1.165) is 11.8 Å². The highest BCUT2D eigenvalue weighted by Gasteiger charge is 2.27. The molecule has 0 heterocycles. The molecule has 0 N–H and O–H groups in total. The quantitative estimate of drug-likeness (QED) is 0.669. The van der Waals surface area contributed by atoms with Gasteiger partial charge in [-0.15, -0.1) is 0 Å². The maximum absolute atomic E-state index is 8.67. The van der Waals surface area contributed by atoms with Gasteiger partial charge in [0.25, 0.3) is 0 Å². The molecule has 0 bridgehead atoms. The van der Waals surface area contributed by atoms with Gasteiger partial charge in [0, 0.05) is 11.8 Å². The number of hydrogen-bond acceptors (Lipinski definition) is 1. The Kier molecular flexibility index (Phi) is 4.99. The summed E-state index contributed by atoms with van der Waals surface area (Å²) in [6, 6.07) is 2.26. The summed E-state index contributed by atoms with van der Waals surface area (Å²) in [6.07, 6.45) is 2.93. The Bertz CT molecular complexity index is 189. The lowest BCUT2D eigenvalue weighted by Gasteiger charge is -2.33. The Balaban J connectivity index is 4.17. The van der Waals surface area contributed by atoms with Gasteiger partial charge >= 0.3 is 0 Å². The summed E-state index contributed by atoms with van der Waals surface area (Å²) in [5.74, 6) is 0. The Morgan fingerprint density at radius 1 is 1.15 bits per heavy atom. The van der Waals surface area contributed by atoms with Gasteiger partial charge in [-0.3, -0.25) is 0 Å². The van der Waals surface area contributed by atoms with Gasteiger partial charge in [-0.1, -0.05) is 43.6 Å². The van der Waals surface area contributed by atoms with Crippen LogP contribution in [0.25, 0.3) is 0 Å². The molecule has 0 radical (unpaired) electrons. The van der Waals surface area contributed by atoms with Crippen LogP contribution < -0.4 is 0 Å². The lowest BCUT2D eigenvalue weighted by molar-refractivity contribution is 0.194. The van der Waals surface area contributed by atoms with Gasteiger partial charge in [-0.25, -0.2) is 0 Å². The van der Waals surface area contributed by atoms with E-state index in [0.29, 0.717) is 11.8 Å². The molecule has 0 saturated heterocycles. The third kappa shape index (κ3) is 6.10. The molecule has 76 valence electrons. The molecule has 1 nitrogen and oxygen atoms in total. The number of alkyl halides is 1. The molecule has 0 amide bonds. The van der Waals surface area contributed by atoms with Crippen molar-refractivity contribution in [1.82, 2.24) is 0 Å². The standard InChI is InChI=1S/C11H20BrN/c1-10(2,5-7-12)9-11(3,4)6-8-13/h5-7,9H2,1-4H3. The fourth-order valence-corrected chi connectivity index (χ4v) is 2.99. The average Bonchev–Trinajstić information content (AvgIpc) is 1.82. The van der Waals surface area contributed by atoms with Crippen LogP contribution in [-0.2, 0) is 0 Å². The minimum absolute atomic E-state index is 0.153. The third-order valence-corrected chi connectivity index (χ3v) is 2.68. The number of rotatable bonds is 5. The fraction of sp³-hybridized carbons (Fsp3) is 0.909. The highest BCUT2D eigenvalue weighted by molar-refractivity contribution is 9.09. The number of halogens is 1. The first-order chi connectivity index (χ1) is 5.83. The summed E-state index contributed by atoms with van der Waals surface area (Å²) in [7, 11) is 0. The van der Waals surface area contributed by atoms with E-state index in [1.54, 1.807) is 0 Å². The molecule has 0 spiro atoms. The molecule has 2 heteroatoms. The van der Waals surface area contributed by atoms with Crippen LogP contribution in [0, 0.1) is 22.2 Å². The zero-order chi connectivity index (χ0) is 10.5. The summed E-state index contributed by atoms with van der Waals surface area (Å²) in [6.45, 7) is 8.89. The van der Waals surface area contributed by atoms with Crippen molar-refractivity contribution in [3.8, 4) is 6.07 Å². The van der Waals surface area contributed by atoms with E-state index in [4.69, 9.17) is 5.26 Å². The summed E-state index contributed by atoms with van der Waals surface area (Å²) in [5.41, 5.74) is 0.490. The summed E-state index contributed by atoms with van der Waals surface area (Å²) < 4.78 is 0. The van der Waals surface area contributed by atoms with Gasteiger partial charge in [0.05, 0.1) is 6.07 Å². The molecule has 0 unspecified atom stereocenters. The van der Waals surface area contributed by atoms with Crippen LogP contribution in [-0.4, -0.2) is 5.33 Å². The van der Waals surface area contributed by atoms with Crippen LogP contribution in [0.3, 0.4) is 0 Å². The largest absolute Gasteiger partial charge is 0.198 e. The number of hydrogen-bond donors (Lipinski definition) is 0. The van der Waals surface area contributed by atoms with Gasteiger partial charge in [0.2, 0.25) is 0 Å². The van der Waals surface area contributed by atoms with Crippen molar-refractivity contribution in [3.63, 3.8) is 0 Å². The molecule has 0 aromatic carbocycles. The maximum atomic E-state index is 8.67. The van der Waals surface area contributed by atoms with Crippen LogP contribution in [0.4, 0.5) is 0 Å². The van der Waals surface area contributed by atoms with Gasteiger partial charge in [-0.2, -0.15) is 5.26 Å². The van der Waals surface area contributed by atoms with E-state index in [2.05, 4.69) is 49.7 Å².